The number of likely N-dealkylation sites (tertiary alicyclic amines) is 1. The second-order valence-electron chi connectivity index (χ2n) is 7.53. The number of guanidine groups is 1. The van der Waals surface area contributed by atoms with E-state index in [0.29, 0.717) is 38.4 Å². The molecule has 2 aromatic carbocycles. The Morgan fingerprint density at radius 1 is 1.00 bits per heavy atom. The van der Waals surface area contributed by atoms with Crippen LogP contribution in [0.2, 0.25) is 0 Å². The average Bonchev–Trinajstić information content (AvgIpc) is 3.15. The van der Waals surface area contributed by atoms with Gasteiger partial charge in [0, 0.05) is 39.6 Å². The molecule has 0 radical (unpaired) electrons. The Morgan fingerprint density at radius 2 is 1.65 bits per heavy atom. The van der Waals surface area contributed by atoms with Crippen LogP contribution in [-0.2, 0) is 30.5 Å². The van der Waals surface area contributed by atoms with Crippen LogP contribution in [0.4, 0.5) is 13.2 Å². The Morgan fingerprint density at radius 3 is 2.23 bits per heavy atom. The van der Waals surface area contributed by atoms with Crippen molar-refractivity contribution in [3.05, 3.63) is 70.8 Å². The first-order chi connectivity index (χ1) is 14.8. The zero-order valence-corrected chi connectivity index (χ0v) is 17.5. The molecule has 166 valence electrons. The van der Waals surface area contributed by atoms with Gasteiger partial charge in [0.2, 0.25) is 5.91 Å². The molecule has 5 nitrogen and oxygen atoms in total. The first kappa shape index (κ1) is 22.7. The van der Waals surface area contributed by atoms with Crippen LogP contribution in [-0.4, -0.2) is 36.9 Å². The van der Waals surface area contributed by atoms with E-state index in [4.69, 9.17) is 0 Å². The Labute approximate surface area is 180 Å². The maximum Gasteiger partial charge on any atom is 0.416 e. The zero-order valence-electron chi connectivity index (χ0n) is 17.5. The van der Waals surface area contributed by atoms with Crippen molar-refractivity contribution < 1.29 is 18.0 Å². The number of benzene rings is 2. The Kier molecular flexibility index (Phi) is 7.55. The van der Waals surface area contributed by atoms with Crippen molar-refractivity contribution >= 4 is 11.9 Å². The number of alkyl halides is 3. The van der Waals surface area contributed by atoms with Crippen molar-refractivity contribution in [1.29, 1.82) is 0 Å². The minimum atomic E-state index is -4.31. The number of aliphatic imine (C=N–C) groups is 1. The van der Waals surface area contributed by atoms with E-state index in [1.54, 1.807) is 7.05 Å². The van der Waals surface area contributed by atoms with E-state index in [2.05, 4.69) is 15.6 Å². The molecule has 0 bridgehead atoms. The van der Waals surface area contributed by atoms with E-state index in [1.165, 1.54) is 12.1 Å². The van der Waals surface area contributed by atoms with Crippen LogP contribution in [0.5, 0.6) is 0 Å². The van der Waals surface area contributed by atoms with Gasteiger partial charge in [0.15, 0.2) is 5.96 Å². The summed E-state index contributed by atoms with van der Waals surface area (Å²) in [6, 6.07) is 13.3. The number of nitrogens with one attached hydrogen (secondary N) is 2. The van der Waals surface area contributed by atoms with Crippen molar-refractivity contribution in [2.24, 2.45) is 4.99 Å². The van der Waals surface area contributed by atoms with Crippen LogP contribution in [0.1, 0.15) is 35.1 Å². The molecular formula is C23H27F3N4O. The van der Waals surface area contributed by atoms with Gasteiger partial charge in [-0.15, -0.1) is 0 Å². The highest BCUT2D eigenvalue weighted by atomic mass is 19.4. The summed E-state index contributed by atoms with van der Waals surface area (Å²) in [5, 5.41) is 6.40. The summed E-state index contributed by atoms with van der Waals surface area (Å²) < 4.78 is 37.9. The summed E-state index contributed by atoms with van der Waals surface area (Å²) >= 11 is 0. The van der Waals surface area contributed by atoms with Gasteiger partial charge in [-0.3, -0.25) is 9.79 Å². The lowest BCUT2D eigenvalue weighted by molar-refractivity contribution is -0.137. The summed E-state index contributed by atoms with van der Waals surface area (Å²) in [6.07, 6.45) is -2.14. The monoisotopic (exact) mass is 432 g/mol. The summed E-state index contributed by atoms with van der Waals surface area (Å²) in [5.41, 5.74) is 2.38. The van der Waals surface area contributed by atoms with Gasteiger partial charge in [0.1, 0.15) is 0 Å². The second-order valence-corrected chi connectivity index (χ2v) is 7.53. The molecule has 1 heterocycles. The Hall–Kier alpha value is -3.03. The number of carbonyl (C=O) groups is 1. The predicted octanol–water partition coefficient (Wildman–Crippen LogP) is 3.74. The standard InChI is InChI=1S/C23H27F3N4O/c1-27-22(28-13-12-17-8-10-20(11-9-17)23(24,25)26)29-15-18-4-6-19(7-5-18)16-30-14-2-3-21(30)31/h4-11H,2-3,12-16H2,1H3,(H2,27,28,29). The van der Waals surface area contributed by atoms with Crippen molar-refractivity contribution in [3.63, 3.8) is 0 Å². The molecule has 2 aromatic rings. The average molecular weight is 432 g/mol. The van der Waals surface area contributed by atoms with E-state index >= 15 is 0 Å². The molecule has 8 heteroatoms. The molecule has 0 spiro atoms. The molecule has 31 heavy (non-hydrogen) atoms. The van der Waals surface area contributed by atoms with Gasteiger partial charge in [-0.1, -0.05) is 36.4 Å². The molecule has 0 unspecified atom stereocenters. The third kappa shape index (κ3) is 6.73. The van der Waals surface area contributed by atoms with E-state index in [9.17, 15) is 18.0 Å². The number of carbonyl (C=O) groups excluding carboxylic acids is 1. The van der Waals surface area contributed by atoms with Gasteiger partial charge in [-0.05, 0) is 41.7 Å². The van der Waals surface area contributed by atoms with Crippen LogP contribution in [0.15, 0.2) is 53.5 Å². The third-order valence-corrected chi connectivity index (χ3v) is 5.24. The first-order valence-corrected chi connectivity index (χ1v) is 10.3. The fourth-order valence-electron chi connectivity index (χ4n) is 3.45. The Balaban J connectivity index is 1.41. The molecule has 3 rings (SSSR count). The highest BCUT2D eigenvalue weighted by molar-refractivity contribution is 5.79. The van der Waals surface area contributed by atoms with Gasteiger partial charge < -0.3 is 15.5 Å². The molecule has 1 amide bonds. The summed E-state index contributed by atoms with van der Waals surface area (Å²) in [6.45, 7) is 2.62. The highest BCUT2D eigenvalue weighted by Crippen LogP contribution is 2.29. The minimum absolute atomic E-state index is 0.219. The molecule has 1 saturated heterocycles. The number of hydrogen-bond donors (Lipinski definition) is 2. The molecule has 1 fully saturated rings. The number of nitrogens with zero attached hydrogens (tertiary/aromatic N) is 2. The van der Waals surface area contributed by atoms with Crippen LogP contribution in [0.3, 0.4) is 0 Å². The molecule has 2 N–H and O–H groups in total. The van der Waals surface area contributed by atoms with Gasteiger partial charge in [-0.25, -0.2) is 0 Å². The van der Waals surface area contributed by atoms with E-state index in [0.717, 1.165) is 41.8 Å². The normalized spacial score (nSPS) is 14.8. The molecule has 0 aliphatic carbocycles. The molecule has 0 atom stereocenters. The molecule has 0 saturated carbocycles. The maximum absolute atomic E-state index is 12.6. The smallest absolute Gasteiger partial charge is 0.356 e. The Bertz CT molecular complexity index is 893. The van der Waals surface area contributed by atoms with E-state index in [-0.39, 0.29) is 5.91 Å². The summed E-state index contributed by atoms with van der Waals surface area (Å²) in [7, 11) is 1.67. The minimum Gasteiger partial charge on any atom is -0.356 e. The van der Waals surface area contributed by atoms with Crippen molar-refractivity contribution in [3.8, 4) is 0 Å². The fourth-order valence-corrected chi connectivity index (χ4v) is 3.45. The summed E-state index contributed by atoms with van der Waals surface area (Å²) in [4.78, 5) is 17.8. The molecule has 0 aromatic heterocycles. The van der Waals surface area contributed by atoms with Crippen LogP contribution >= 0.6 is 0 Å². The first-order valence-electron chi connectivity index (χ1n) is 10.3. The predicted molar refractivity (Wildman–Crippen MR) is 114 cm³/mol. The van der Waals surface area contributed by atoms with Crippen LogP contribution in [0, 0.1) is 0 Å². The van der Waals surface area contributed by atoms with Crippen LogP contribution < -0.4 is 10.6 Å². The molecule has 1 aliphatic rings. The highest BCUT2D eigenvalue weighted by Gasteiger charge is 2.29. The quantitative estimate of drug-likeness (QED) is 0.518. The van der Waals surface area contributed by atoms with Gasteiger partial charge >= 0.3 is 6.18 Å². The van der Waals surface area contributed by atoms with Crippen molar-refractivity contribution in [2.75, 3.05) is 20.1 Å². The third-order valence-electron chi connectivity index (χ3n) is 5.24. The maximum atomic E-state index is 12.6. The topological polar surface area (TPSA) is 56.7 Å². The van der Waals surface area contributed by atoms with E-state index < -0.39 is 11.7 Å². The summed E-state index contributed by atoms with van der Waals surface area (Å²) in [5.74, 6) is 0.843. The van der Waals surface area contributed by atoms with Gasteiger partial charge in [-0.2, -0.15) is 13.2 Å². The lowest BCUT2D eigenvalue weighted by Gasteiger charge is -2.16. The molecule has 1 aliphatic heterocycles. The van der Waals surface area contributed by atoms with Gasteiger partial charge in [0.25, 0.3) is 0 Å². The number of halogens is 3. The number of hydrogen-bond acceptors (Lipinski definition) is 2. The fraction of sp³-hybridized carbons (Fsp3) is 0.391. The SMILES string of the molecule is CN=C(NCCc1ccc(C(F)(F)F)cc1)NCc1ccc(CN2CCCC2=O)cc1. The van der Waals surface area contributed by atoms with Crippen molar-refractivity contribution in [2.45, 2.75) is 38.5 Å². The number of amides is 1. The lowest BCUT2D eigenvalue weighted by Crippen LogP contribution is -2.37. The lowest BCUT2D eigenvalue weighted by atomic mass is 10.1. The van der Waals surface area contributed by atoms with Gasteiger partial charge in [0.05, 0.1) is 5.56 Å². The number of rotatable bonds is 7. The van der Waals surface area contributed by atoms with E-state index in [1.807, 2.05) is 29.2 Å². The zero-order chi connectivity index (χ0) is 22.3. The molecular weight excluding hydrogens is 405 g/mol. The second kappa shape index (κ2) is 10.3. The largest absolute Gasteiger partial charge is 0.416 e. The van der Waals surface area contributed by atoms with Crippen molar-refractivity contribution in [1.82, 2.24) is 15.5 Å². The van der Waals surface area contributed by atoms with Crippen LogP contribution in [0.25, 0.3) is 0 Å².